The van der Waals surface area contributed by atoms with Gasteiger partial charge in [-0.25, -0.2) is 0 Å². The van der Waals surface area contributed by atoms with Crippen LogP contribution in [0.5, 0.6) is 0 Å². The van der Waals surface area contributed by atoms with Gasteiger partial charge in [0.2, 0.25) is 5.91 Å². The van der Waals surface area contributed by atoms with Crippen molar-refractivity contribution in [2.75, 3.05) is 13.2 Å². The van der Waals surface area contributed by atoms with E-state index in [-0.39, 0.29) is 11.8 Å². The highest BCUT2D eigenvalue weighted by atomic mass is 16.5. The molecular weight excluding hydrogens is 204 g/mol. The van der Waals surface area contributed by atoms with E-state index in [2.05, 4.69) is 10.3 Å². The largest absolute Gasteiger partial charge is 0.381 e. The minimum absolute atomic E-state index is 0.121. The molecule has 1 aromatic rings. The van der Waals surface area contributed by atoms with Gasteiger partial charge in [0.25, 0.3) is 0 Å². The third kappa shape index (κ3) is 3.03. The lowest BCUT2D eigenvalue weighted by Gasteiger charge is -2.21. The summed E-state index contributed by atoms with van der Waals surface area (Å²) in [5.41, 5.74) is 1.08. The number of nitrogens with zero attached hydrogens (tertiary/aromatic N) is 1. The molecule has 0 atom stereocenters. The molecule has 0 radical (unpaired) electrons. The zero-order chi connectivity index (χ0) is 11.2. The lowest BCUT2D eigenvalue weighted by atomic mass is 9.99. The van der Waals surface area contributed by atoms with E-state index in [1.165, 1.54) is 0 Å². The summed E-state index contributed by atoms with van der Waals surface area (Å²) in [5, 5.41) is 2.95. The number of hydrogen-bond acceptors (Lipinski definition) is 3. The molecule has 0 saturated carbocycles. The van der Waals surface area contributed by atoms with Gasteiger partial charge >= 0.3 is 0 Å². The molecule has 16 heavy (non-hydrogen) atoms. The number of aromatic nitrogens is 1. The Bertz CT molecular complexity index is 334. The zero-order valence-corrected chi connectivity index (χ0v) is 9.19. The van der Waals surface area contributed by atoms with Crippen LogP contribution in [0.1, 0.15) is 18.4 Å². The third-order valence-electron chi connectivity index (χ3n) is 2.81. The van der Waals surface area contributed by atoms with Crippen LogP contribution >= 0.6 is 0 Å². The van der Waals surface area contributed by atoms with E-state index in [1.807, 2.05) is 12.1 Å². The average Bonchev–Trinajstić information content (AvgIpc) is 2.38. The Hall–Kier alpha value is -1.42. The molecular formula is C12H16N2O2. The van der Waals surface area contributed by atoms with Crippen LogP contribution in [0.2, 0.25) is 0 Å². The first-order valence-electron chi connectivity index (χ1n) is 5.60. The van der Waals surface area contributed by atoms with Crippen molar-refractivity contribution in [3.63, 3.8) is 0 Å². The smallest absolute Gasteiger partial charge is 0.223 e. The number of amides is 1. The number of hydrogen-bond donors (Lipinski definition) is 1. The summed E-state index contributed by atoms with van der Waals surface area (Å²) in [7, 11) is 0. The predicted molar refractivity (Wildman–Crippen MR) is 59.6 cm³/mol. The van der Waals surface area contributed by atoms with Crippen molar-refractivity contribution in [2.24, 2.45) is 5.92 Å². The van der Waals surface area contributed by atoms with Crippen LogP contribution in [0.3, 0.4) is 0 Å². The SMILES string of the molecule is O=C(NCc1ccncc1)C1CCOCC1. The number of carbonyl (C=O) groups is 1. The highest BCUT2D eigenvalue weighted by Gasteiger charge is 2.20. The lowest BCUT2D eigenvalue weighted by molar-refractivity contribution is -0.128. The molecule has 1 amide bonds. The van der Waals surface area contributed by atoms with Crippen molar-refractivity contribution in [3.05, 3.63) is 30.1 Å². The molecule has 0 spiro atoms. The first-order chi connectivity index (χ1) is 7.86. The number of nitrogens with one attached hydrogen (secondary N) is 1. The monoisotopic (exact) mass is 220 g/mol. The fourth-order valence-electron chi connectivity index (χ4n) is 1.79. The molecule has 1 fully saturated rings. The molecule has 2 rings (SSSR count). The van der Waals surface area contributed by atoms with Gasteiger partial charge in [-0.2, -0.15) is 0 Å². The van der Waals surface area contributed by atoms with Crippen molar-refractivity contribution >= 4 is 5.91 Å². The summed E-state index contributed by atoms with van der Waals surface area (Å²) in [5.74, 6) is 0.260. The van der Waals surface area contributed by atoms with Crippen LogP contribution in [0, 0.1) is 5.92 Å². The Kier molecular flexibility index (Phi) is 3.88. The van der Waals surface area contributed by atoms with Gasteiger partial charge in [-0.15, -0.1) is 0 Å². The number of carbonyl (C=O) groups excluding carboxylic acids is 1. The van der Waals surface area contributed by atoms with E-state index in [0.717, 1.165) is 18.4 Å². The molecule has 0 aromatic carbocycles. The van der Waals surface area contributed by atoms with Gasteiger partial charge in [-0.3, -0.25) is 9.78 Å². The van der Waals surface area contributed by atoms with E-state index in [1.54, 1.807) is 12.4 Å². The van der Waals surface area contributed by atoms with Gasteiger partial charge in [-0.05, 0) is 30.5 Å². The summed E-state index contributed by atoms with van der Waals surface area (Å²) < 4.78 is 5.22. The van der Waals surface area contributed by atoms with Crippen molar-refractivity contribution in [1.82, 2.24) is 10.3 Å². The quantitative estimate of drug-likeness (QED) is 0.830. The topological polar surface area (TPSA) is 51.2 Å². The Labute approximate surface area is 95.0 Å². The zero-order valence-electron chi connectivity index (χ0n) is 9.19. The summed E-state index contributed by atoms with van der Waals surface area (Å²) in [6, 6.07) is 3.81. The van der Waals surface area contributed by atoms with Crippen LogP contribution in [0.15, 0.2) is 24.5 Å². The Morgan fingerprint density at radius 1 is 1.38 bits per heavy atom. The average molecular weight is 220 g/mol. The first-order valence-corrected chi connectivity index (χ1v) is 5.60. The molecule has 86 valence electrons. The van der Waals surface area contributed by atoms with Crippen LogP contribution < -0.4 is 5.32 Å². The molecule has 1 aliphatic rings. The molecule has 4 heteroatoms. The second-order valence-corrected chi connectivity index (χ2v) is 3.96. The molecule has 0 unspecified atom stereocenters. The molecule has 1 aliphatic heterocycles. The maximum atomic E-state index is 11.8. The fourth-order valence-corrected chi connectivity index (χ4v) is 1.79. The van der Waals surface area contributed by atoms with E-state index >= 15 is 0 Å². The van der Waals surface area contributed by atoms with Gasteiger partial charge in [-0.1, -0.05) is 0 Å². The molecule has 1 aromatic heterocycles. The number of ether oxygens (including phenoxy) is 1. The fraction of sp³-hybridized carbons (Fsp3) is 0.500. The van der Waals surface area contributed by atoms with Crippen LogP contribution in [-0.4, -0.2) is 24.1 Å². The van der Waals surface area contributed by atoms with Crippen molar-refractivity contribution < 1.29 is 9.53 Å². The minimum atomic E-state index is 0.121. The van der Waals surface area contributed by atoms with Gasteiger partial charge < -0.3 is 10.1 Å². The second kappa shape index (κ2) is 5.61. The van der Waals surface area contributed by atoms with Crippen molar-refractivity contribution in [3.8, 4) is 0 Å². The number of pyridine rings is 1. The highest BCUT2D eigenvalue weighted by molar-refractivity contribution is 5.78. The molecule has 2 heterocycles. The lowest BCUT2D eigenvalue weighted by Crippen LogP contribution is -2.33. The highest BCUT2D eigenvalue weighted by Crippen LogP contribution is 2.14. The molecule has 1 saturated heterocycles. The summed E-state index contributed by atoms with van der Waals surface area (Å²) in [4.78, 5) is 15.7. The van der Waals surface area contributed by atoms with E-state index in [0.29, 0.717) is 19.8 Å². The van der Waals surface area contributed by atoms with Crippen LogP contribution in [0.25, 0.3) is 0 Å². The van der Waals surface area contributed by atoms with Crippen LogP contribution in [0.4, 0.5) is 0 Å². The predicted octanol–water partition coefficient (Wildman–Crippen LogP) is 1.12. The van der Waals surface area contributed by atoms with Gasteiger partial charge in [0, 0.05) is 38.1 Å². The number of rotatable bonds is 3. The molecule has 0 bridgehead atoms. The first kappa shape index (κ1) is 11.1. The van der Waals surface area contributed by atoms with E-state index in [9.17, 15) is 4.79 Å². The Morgan fingerprint density at radius 3 is 2.75 bits per heavy atom. The Balaban J connectivity index is 1.79. The van der Waals surface area contributed by atoms with E-state index < -0.39 is 0 Å². The van der Waals surface area contributed by atoms with Gasteiger partial charge in [0.1, 0.15) is 0 Å². The summed E-state index contributed by atoms with van der Waals surface area (Å²) in [6.45, 7) is 1.99. The van der Waals surface area contributed by atoms with Crippen LogP contribution in [-0.2, 0) is 16.1 Å². The maximum absolute atomic E-state index is 11.8. The maximum Gasteiger partial charge on any atom is 0.223 e. The molecule has 0 aliphatic carbocycles. The minimum Gasteiger partial charge on any atom is -0.381 e. The van der Waals surface area contributed by atoms with Crippen molar-refractivity contribution in [2.45, 2.75) is 19.4 Å². The summed E-state index contributed by atoms with van der Waals surface area (Å²) >= 11 is 0. The van der Waals surface area contributed by atoms with Gasteiger partial charge in [0.05, 0.1) is 0 Å². The second-order valence-electron chi connectivity index (χ2n) is 3.96. The summed E-state index contributed by atoms with van der Waals surface area (Å²) in [6.07, 6.45) is 5.14. The van der Waals surface area contributed by atoms with Crippen molar-refractivity contribution in [1.29, 1.82) is 0 Å². The van der Waals surface area contributed by atoms with E-state index in [4.69, 9.17) is 4.74 Å². The standard InChI is InChI=1S/C12H16N2O2/c15-12(11-3-7-16-8-4-11)14-9-10-1-5-13-6-2-10/h1-2,5-6,11H,3-4,7-9H2,(H,14,15). The normalized spacial score (nSPS) is 17.0. The molecule has 4 nitrogen and oxygen atoms in total. The Morgan fingerprint density at radius 2 is 2.06 bits per heavy atom. The van der Waals surface area contributed by atoms with Gasteiger partial charge in [0.15, 0.2) is 0 Å². The third-order valence-corrected chi connectivity index (χ3v) is 2.81. The molecule has 1 N–H and O–H groups in total.